The Morgan fingerprint density at radius 2 is 2.10 bits per heavy atom. The molecule has 110 valence electrons. The van der Waals surface area contributed by atoms with Gasteiger partial charge in [-0.1, -0.05) is 13.8 Å². The number of carbonyl (C=O) groups excluding carboxylic acids is 1. The zero-order chi connectivity index (χ0) is 15.1. The second kappa shape index (κ2) is 4.95. The van der Waals surface area contributed by atoms with Gasteiger partial charge in [0.05, 0.1) is 0 Å². The lowest BCUT2D eigenvalue weighted by atomic mass is 9.96. The number of amides is 1. The Morgan fingerprint density at radius 1 is 1.33 bits per heavy atom. The molecule has 0 atom stereocenters. The summed E-state index contributed by atoms with van der Waals surface area (Å²) >= 11 is 0. The first-order valence-corrected chi connectivity index (χ1v) is 7.24. The number of hydrogen-bond acceptors (Lipinski definition) is 3. The van der Waals surface area contributed by atoms with E-state index in [0.29, 0.717) is 6.54 Å². The van der Waals surface area contributed by atoms with Crippen molar-refractivity contribution in [1.29, 1.82) is 0 Å². The number of anilines is 1. The van der Waals surface area contributed by atoms with Gasteiger partial charge < -0.3 is 15.8 Å². The molecule has 4 heteroatoms. The van der Waals surface area contributed by atoms with Gasteiger partial charge in [-0.25, -0.2) is 0 Å². The molecule has 3 N–H and O–H groups in total. The Kier molecular flexibility index (Phi) is 3.24. The molecule has 0 fully saturated rings. The van der Waals surface area contributed by atoms with Crippen LogP contribution in [0.25, 0.3) is 0 Å². The topological polar surface area (TPSA) is 64.3 Å². The molecule has 1 aromatic carbocycles. The molecule has 0 bridgehead atoms. The second-order valence-electron chi connectivity index (χ2n) is 6.01. The van der Waals surface area contributed by atoms with Crippen LogP contribution in [-0.4, -0.2) is 12.5 Å². The van der Waals surface area contributed by atoms with Gasteiger partial charge in [-0.15, -0.1) is 0 Å². The van der Waals surface area contributed by atoms with E-state index in [4.69, 9.17) is 10.5 Å². The van der Waals surface area contributed by atoms with Crippen LogP contribution in [-0.2, 0) is 11.2 Å². The van der Waals surface area contributed by atoms with Crippen molar-refractivity contribution in [2.45, 2.75) is 27.2 Å². The van der Waals surface area contributed by atoms with Gasteiger partial charge in [0.1, 0.15) is 11.5 Å². The van der Waals surface area contributed by atoms with E-state index < -0.39 is 0 Å². The largest absolute Gasteiger partial charge is 0.457 e. The third kappa shape index (κ3) is 2.42. The molecule has 0 radical (unpaired) electrons. The molecular formula is C17H20N2O2. The minimum absolute atomic E-state index is 0.0108. The number of aryl methyl sites for hydroxylation is 1. The summed E-state index contributed by atoms with van der Waals surface area (Å²) in [6.07, 6.45) is 2.65. The molecule has 0 aliphatic carbocycles. The summed E-state index contributed by atoms with van der Waals surface area (Å²) in [4.78, 5) is 12.1. The third-order valence-corrected chi connectivity index (χ3v) is 3.97. The number of nitrogen functional groups attached to an aromatic ring is 1. The van der Waals surface area contributed by atoms with Crippen LogP contribution >= 0.6 is 0 Å². The SMILES string of the molecule is Cc1cc(N)cc2c1OC1=C(CNC(=O)C(C(C)C)=C1)C2. The summed E-state index contributed by atoms with van der Waals surface area (Å²) in [5.41, 5.74) is 10.6. The number of nitrogens with one attached hydrogen (secondary N) is 1. The van der Waals surface area contributed by atoms with Crippen molar-refractivity contribution in [3.05, 3.63) is 46.2 Å². The van der Waals surface area contributed by atoms with Crippen LogP contribution in [0.15, 0.2) is 35.1 Å². The maximum absolute atomic E-state index is 12.1. The minimum Gasteiger partial charge on any atom is -0.457 e. The molecule has 1 aromatic rings. The summed E-state index contributed by atoms with van der Waals surface area (Å²) in [5, 5.41) is 2.96. The molecule has 0 unspecified atom stereocenters. The van der Waals surface area contributed by atoms with Crippen molar-refractivity contribution in [3.8, 4) is 5.75 Å². The Balaban J connectivity index is 2.05. The number of nitrogens with two attached hydrogens (primary N) is 1. The van der Waals surface area contributed by atoms with Gasteiger partial charge in [0.15, 0.2) is 0 Å². The Morgan fingerprint density at radius 3 is 2.81 bits per heavy atom. The average Bonchev–Trinajstić information content (AvgIpc) is 2.56. The smallest absolute Gasteiger partial charge is 0.247 e. The van der Waals surface area contributed by atoms with Crippen LogP contribution < -0.4 is 15.8 Å². The number of allylic oxidation sites excluding steroid dienone is 1. The third-order valence-electron chi connectivity index (χ3n) is 3.97. The summed E-state index contributed by atoms with van der Waals surface area (Å²) in [5.74, 6) is 1.83. The molecule has 0 spiro atoms. The number of ether oxygens (including phenoxy) is 1. The zero-order valence-corrected chi connectivity index (χ0v) is 12.6. The standard InChI is InChI=1S/C17H20N2O2/c1-9(2)14-7-15-12(8-19-17(14)20)5-11-6-13(18)4-10(3)16(11)21-15/h4,6-7,9H,5,8,18H2,1-3H3,(H,19,20). The van der Waals surface area contributed by atoms with Crippen LogP contribution in [0, 0.1) is 12.8 Å². The van der Waals surface area contributed by atoms with Gasteiger partial charge in [-0.2, -0.15) is 0 Å². The van der Waals surface area contributed by atoms with Gasteiger partial charge in [-0.3, -0.25) is 4.79 Å². The molecule has 2 heterocycles. The van der Waals surface area contributed by atoms with Crippen molar-refractivity contribution in [3.63, 3.8) is 0 Å². The first-order chi connectivity index (χ1) is 9.95. The van der Waals surface area contributed by atoms with Crippen molar-refractivity contribution in [2.24, 2.45) is 5.92 Å². The monoisotopic (exact) mass is 284 g/mol. The van der Waals surface area contributed by atoms with Gasteiger partial charge >= 0.3 is 0 Å². The predicted octanol–water partition coefficient (Wildman–Crippen LogP) is 2.48. The fourth-order valence-electron chi connectivity index (χ4n) is 2.86. The highest BCUT2D eigenvalue weighted by molar-refractivity contribution is 5.95. The Labute approximate surface area is 124 Å². The quantitative estimate of drug-likeness (QED) is 0.779. The first kappa shape index (κ1) is 13.7. The molecule has 4 nitrogen and oxygen atoms in total. The number of benzene rings is 1. The van der Waals surface area contributed by atoms with Gasteiger partial charge in [0.25, 0.3) is 0 Å². The number of rotatable bonds is 1. The maximum Gasteiger partial charge on any atom is 0.247 e. The molecule has 21 heavy (non-hydrogen) atoms. The van der Waals surface area contributed by atoms with E-state index in [9.17, 15) is 4.79 Å². The molecule has 2 aliphatic rings. The number of hydrogen-bond donors (Lipinski definition) is 2. The lowest BCUT2D eigenvalue weighted by Gasteiger charge is -2.23. The fourth-order valence-corrected chi connectivity index (χ4v) is 2.86. The second-order valence-corrected chi connectivity index (χ2v) is 6.01. The van der Waals surface area contributed by atoms with E-state index in [2.05, 4.69) is 5.32 Å². The Hall–Kier alpha value is -2.23. The summed E-state index contributed by atoms with van der Waals surface area (Å²) < 4.78 is 6.09. The van der Waals surface area contributed by atoms with Gasteiger partial charge in [-0.05, 0) is 42.2 Å². The van der Waals surface area contributed by atoms with Crippen molar-refractivity contribution >= 4 is 11.6 Å². The Bertz CT molecular complexity index is 684. The van der Waals surface area contributed by atoms with E-state index in [-0.39, 0.29) is 11.8 Å². The van der Waals surface area contributed by atoms with Gasteiger partial charge in [0.2, 0.25) is 5.91 Å². The lowest BCUT2D eigenvalue weighted by Crippen LogP contribution is -2.28. The minimum atomic E-state index is -0.0108. The molecule has 0 aromatic heterocycles. The highest BCUT2D eigenvalue weighted by atomic mass is 16.5. The molecular weight excluding hydrogens is 264 g/mol. The van der Waals surface area contributed by atoms with E-state index in [1.165, 1.54) is 0 Å². The van der Waals surface area contributed by atoms with Crippen LogP contribution in [0.5, 0.6) is 5.75 Å². The lowest BCUT2D eigenvalue weighted by molar-refractivity contribution is -0.117. The molecule has 1 amide bonds. The molecule has 2 aliphatic heterocycles. The van der Waals surface area contributed by atoms with E-state index in [1.807, 2.05) is 39.0 Å². The van der Waals surface area contributed by atoms with E-state index >= 15 is 0 Å². The fraction of sp³-hybridized carbons (Fsp3) is 0.353. The van der Waals surface area contributed by atoms with Crippen molar-refractivity contribution < 1.29 is 9.53 Å². The summed E-state index contributed by atoms with van der Waals surface area (Å²) in [6.45, 7) is 6.54. The number of fused-ring (bicyclic) bond motifs is 1. The van der Waals surface area contributed by atoms with Crippen LogP contribution in [0.2, 0.25) is 0 Å². The van der Waals surface area contributed by atoms with Crippen LogP contribution in [0.1, 0.15) is 25.0 Å². The van der Waals surface area contributed by atoms with Crippen LogP contribution in [0.3, 0.4) is 0 Å². The molecule has 0 saturated heterocycles. The van der Waals surface area contributed by atoms with E-state index in [1.54, 1.807) is 0 Å². The van der Waals surface area contributed by atoms with Crippen molar-refractivity contribution in [1.82, 2.24) is 5.32 Å². The maximum atomic E-state index is 12.1. The average molecular weight is 284 g/mol. The zero-order valence-electron chi connectivity index (χ0n) is 12.6. The highest BCUT2D eigenvalue weighted by Crippen LogP contribution is 2.36. The van der Waals surface area contributed by atoms with Crippen molar-refractivity contribution in [2.75, 3.05) is 12.3 Å². The number of carbonyl (C=O) groups is 1. The first-order valence-electron chi connectivity index (χ1n) is 7.24. The summed E-state index contributed by atoms with van der Waals surface area (Å²) in [7, 11) is 0. The highest BCUT2D eigenvalue weighted by Gasteiger charge is 2.26. The van der Waals surface area contributed by atoms with Gasteiger partial charge in [0, 0.05) is 29.8 Å². The predicted molar refractivity (Wildman–Crippen MR) is 82.9 cm³/mol. The van der Waals surface area contributed by atoms with Crippen LogP contribution in [0.4, 0.5) is 5.69 Å². The molecule has 0 saturated carbocycles. The summed E-state index contributed by atoms with van der Waals surface area (Å²) in [6, 6.07) is 3.86. The molecule has 3 rings (SSSR count). The normalized spacial score (nSPS) is 17.5. The van der Waals surface area contributed by atoms with E-state index in [0.717, 1.165) is 45.9 Å².